The number of hydrogen-bond acceptors (Lipinski definition) is 4. The predicted octanol–water partition coefficient (Wildman–Crippen LogP) is 7.50. The van der Waals surface area contributed by atoms with Crippen molar-refractivity contribution >= 4 is 12.0 Å². The molecule has 2 amide bonds. The Labute approximate surface area is 257 Å². The molecule has 0 aromatic heterocycles. The summed E-state index contributed by atoms with van der Waals surface area (Å²) in [5, 5.41) is 0. The fourth-order valence-corrected chi connectivity index (χ4v) is 10.5. The van der Waals surface area contributed by atoms with Gasteiger partial charge >= 0.3 is 6.09 Å². The Kier molecular flexibility index (Phi) is 7.31. The molecule has 7 rings (SSSR count). The van der Waals surface area contributed by atoms with Gasteiger partial charge in [-0.2, -0.15) is 0 Å². The third-order valence-corrected chi connectivity index (χ3v) is 12.9. The molecule has 0 N–H and O–H groups in total. The lowest BCUT2D eigenvalue weighted by Crippen LogP contribution is -2.54. The average molecular weight is 587 g/mol. The van der Waals surface area contributed by atoms with Crippen molar-refractivity contribution in [3.05, 3.63) is 58.8 Å². The molecule has 3 heterocycles. The Morgan fingerprint density at radius 3 is 2.70 bits per heavy atom. The first-order chi connectivity index (χ1) is 20.6. The molecule has 9 atom stereocenters. The number of amides is 2. The van der Waals surface area contributed by atoms with Crippen LogP contribution in [-0.4, -0.2) is 53.1 Å². The van der Waals surface area contributed by atoms with Crippen LogP contribution in [0.15, 0.2) is 53.3 Å². The number of ether oxygens (including phenoxy) is 2. The van der Waals surface area contributed by atoms with Crippen molar-refractivity contribution in [2.75, 3.05) is 13.6 Å². The number of rotatable bonds is 2. The number of piperidine rings is 1. The molecule has 43 heavy (non-hydrogen) atoms. The van der Waals surface area contributed by atoms with Crippen molar-refractivity contribution in [1.82, 2.24) is 9.80 Å². The minimum absolute atomic E-state index is 0.0600. The van der Waals surface area contributed by atoms with Crippen molar-refractivity contribution in [3.8, 4) is 0 Å². The molecular weight excluding hydrogens is 536 g/mol. The minimum Gasteiger partial charge on any atom is -0.445 e. The Bertz CT molecular complexity index is 1340. The largest absolute Gasteiger partial charge is 0.445 e. The molecule has 1 aromatic rings. The Morgan fingerprint density at radius 2 is 1.91 bits per heavy atom. The molecule has 3 aliphatic carbocycles. The highest BCUT2D eigenvalue weighted by Gasteiger charge is 2.60. The molecule has 1 unspecified atom stereocenters. The van der Waals surface area contributed by atoms with Crippen LogP contribution in [0.25, 0.3) is 0 Å². The summed E-state index contributed by atoms with van der Waals surface area (Å²) in [4.78, 5) is 30.0. The van der Waals surface area contributed by atoms with Crippen LogP contribution in [-0.2, 0) is 20.9 Å². The molecule has 2 saturated heterocycles. The standard InChI is InChI=1S/C37H50N2O4/c1-23-17-32-34(39(20-23)35(41)42-22-26-9-7-6-8-10-26)25(3)37(43-32)16-13-28-29-12-11-27-21-38(5)33(40)14-15-36(27,4)31(29)18-30(28)24(2)19-37/h6-10,21,23,25,28-29,31-32,34H,11-20,22H2,1-5H3/t23-,25+,28-,29?,31-,32+,34-,36-,37-/m0/s1. The molecule has 6 aliphatic rings. The van der Waals surface area contributed by atoms with Crippen LogP contribution in [0.4, 0.5) is 4.79 Å². The number of carbonyl (C=O) groups excluding carboxylic acids is 2. The van der Waals surface area contributed by atoms with Gasteiger partial charge in [0, 0.05) is 32.1 Å². The molecule has 4 fully saturated rings. The Morgan fingerprint density at radius 1 is 1.12 bits per heavy atom. The lowest BCUT2D eigenvalue weighted by Gasteiger charge is -2.46. The first-order valence-corrected chi connectivity index (χ1v) is 16.9. The van der Waals surface area contributed by atoms with E-state index in [9.17, 15) is 9.59 Å². The monoisotopic (exact) mass is 586 g/mol. The van der Waals surface area contributed by atoms with Gasteiger partial charge in [0.25, 0.3) is 0 Å². The van der Waals surface area contributed by atoms with Crippen molar-refractivity contribution in [2.24, 2.45) is 35.0 Å². The van der Waals surface area contributed by atoms with Gasteiger partial charge in [-0.25, -0.2) is 4.79 Å². The minimum atomic E-state index is -0.227. The van der Waals surface area contributed by atoms with Crippen LogP contribution in [0, 0.1) is 35.0 Å². The second kappa shape index (κ2) is 10.8. The molecule has 6 heteroatoms. The molecule has 232 valence electrons. The molecule has 1 aromatic carbocycles. The summed E-state index contributed by atoms with van der Waals surface area (Å²) in [6, 6.07) is 10.0. The first-order valence-electron chi connectivity index (χ1n) is 16.9. The van der Waals surface area contributed by atoms with Crippen molar-refractivity contribution in [3.63, 3.8) is 0 Å². The second-order valence-electron chi connectivity index (χ2n) is 15.3. The number of carbonyl (C=O) groups is 2. The number of allylic oxidation sites excluding steroid dienone is 2. The normalized spacial score (nSPS) is 40.7. The van der Waals surface area contributed by atoms with Crippen molar-refractivity contribution < 1.29 is 19.1 Å². The van der Waals surface area contributed by atoms with Gasteiger partial charge in [-0.3, -0.25) is 4.79 Å². The van der Waals surface area contributed by atoms with E-state index in [1.54, 1.807) is 5.57 Å². The van der Waals surface area contributed by atoms with Gasteiger partial charge in [0.2, 0.25) is 5.91 Å². The second-order valence-corrected chi connectivity index (χ2v) is 15.3. The maximum absolute atomic E-state index is 13.5. The quantitative estimate of drug-likeness (QED) is 0.337. The van der Waals surface area contributed by atoms with E-state index in [0.29, 0.717) is 36.7 Å². The Balaban J connectivity index is 1.12. The molecule has 1 spiro atoms. The molecule has 6 nitrogen and oxygen atoms in total. The maximum Gasteiger partial charge on any atom is 0.410 e. The van der Waals surface area contributed by atoms with Gasteiger partial charge in [-0.1, -0.05) is 62.2 Å². The summed E-state index contributed by atoms with van der Waals surface area (Å²) in [6.45, 7) is 10.5. The van der Waals surface area contributed by atoms with Crippen LogP contribution in [0.5, 0.6) is 0 Å². The third-order valence-electron chi connectivity index (χ3n) is 12.9. The summed E-state index contributed by atoms with van der Waals surface area (Å²) in [5.74, 6) is 2.81. The fourth-order valence-electron chi connectivity index (χ4n) is 10.5. The highest BCUT2D eigenvalue weighted by molar-refractivity contribution is 5.77. The molecule has 0 bridgehead atoms. The number of fused-ring (bicyclic) bond motifs is 6. The van der Waals surface area contributed by atoms with E-state index < -0.39 is 0 Å². The fraction of sp³-hybridized carbons (Fsp3) is 0.676. The summed E-state index contributed by atoms with van der Waals surface area (Å²) < 4.78 is 13.1. The first kappa shape index (κ1) is 29.1. The predicted molar refractivity (Wildman–Crippen MR) is 167 cm³/mol. The van der Waals surface area contributed by atoms with Gasteiger partial charge in [0.15, 0.2) is 0 Å². The van der Waals surface area contributed by atoms with Crippen molar-refractivity contribution in [1.29, 1.82) is 0 Å². The van der Waals surface area contributed by atoms with Gasteiger partial charge < -0.3 is 19.3 Å². The summed E-state index contributed by atoms with van der Waals surface area (Å²) >= 11 is 0. The Hall–Kier alpha value is -2.60. The average Bonchev–Trinajstić information content (AvgIpc) is 3.41. The molecule has 2 saturated carbocycles. The zero-order chi connectivity index (χ0) is 30.1. The van der Waals surface area contributed by atoms with E-state index in [0.717, 1.165) is 44.2 Å². The third kappa shape index (κ3) is 4.78. The van der Waals surface area contributed by atoms with Gasteiger partial charge in [-0.15, -0.1) is 0 Å². The molecular formula is C37H50N2O4. The number of likely N-dealkylation sites (tertiary alicyclic amines) is 1. The van der Waals surface area contributed by atoms with Crippen LogP contribution >= 0.6 is 0 Å². The van der Waals surface area contributed by atoms with Gasteiger partial charge in [0.1, 0.15) is 6.61 Å². The van der Waals surface area contributed by atoms with E-state index in [1.807, 2.05) is 47.2 Å². The highest BCUT2D eigenvalue weighted by Crippen LogP contribution is 2.64. The lowest BCUT2D eigenvalue weighted by molar-refractivity contribution is -0.127. The highest BCUT2D eigenvalue weighted by atomic mass is 16.6. The zero-order valence-electron chi connectivity index (χ0n) is 26.8. The molecule has 0 radical (unpaired) electrons. The van der Waals surface area contributed by atoms with E-state index in [-0.39, 0.29) is 41.1 Å². The van der Waals surface area contributed by atoms with E-state index in [1.165, 1.54) is 30.4 Å². The lowest BCUT2D eigenvalue weighted by atomic mass is 9.58. The summed E-state index contributed by atoms with van der Waals surface area (Å²) in [5.41, 5.74) is 5.63. The van der Waals surface area contributed by atoms with Gasteiger partial charge in [-0.05, 0) is 98.5 Å². The maximum atomic E-state index is 13.5. The van der Waals surface area contributed by atoms with Crippen molar-refractivity contribution in [2.45, 2.75) is 110 Å². The number of hydrogen-bond donors (Lipinski definition) is 0. The number of nitrogens with zero attached hydrogens (tertiary/aromatic N) is 2. The topological polar surface area (TPSA) is 59.1 Å². The van der Waals surface area contributed by atoms with E-state index in [2.05, 4.69) is 33.9 Å². The van der Waals surface area contributed by atoms with Crippen LogP contribution in [0.1, 0.15) is 91.0 Å². The SMILES string of the molecule is CC1=C2C[C@H]3C(CCC4=CN(C)C(=O)CC[C@@]43C)[C@@H]2CC[C@@]2(C1)O[C@@H]1C[C@H](C)CN(C(=O)OCc3ccccc3)[C@H]1[C@H]2C. The van der Waals surface area contributed by atoms with Crippen LogP contribution in [0.2, 0.25) is 0 Å². The van der Waals surface area contributed by atoms with Crippen LogP contribution < -0.4 is 0 Å². The number of benzene rings is 1. The van der Waals surface area contributed by atoms with E-state index in [4.69, 9.17) is 9.47 Å². The summed E-state index contributed by atoms with van der Waals surface area (Å²) in [6.07, 6.45) is 11.4. The summed E-state index contributed by atoms with van der Waals surface area (Å²) in [7, 11) is 1.93. The van der Waals surface area contributed by atoms with E-state index >= 15 is 0 Å². The van der Waals surface area contributed by atoms with Crippen LogP contribution in [0.3, 0.4) is 0 Å². The smallest absolute Gasteiger partial charge is 0.410 e. The van der Waals surface area contributed by atoms with Gasteiger partial charge in [0.05, 0.1) is 17.7 Å². The zero-order valence-corrected chi connectivity index (χ0v) is 26.8. The molecule has 3 aliphatic heterocycles.